The van der Waals surface area contributed by atoms with Crippen molar-refractivity contribution in [3.05, 3.63) is 59.3 Å². The number of aliphatic hydroxyl groups is 3. The van der Waals surface area contributed by atoms with Crippen LogP contribution in [0.1, 0.15) is 93.9 Å². The largest absolute Gasteiger partial charge is 0.462 e. The summed E-state index contributed by atoms with van der Waals surface area (Å²) in [6.45, 7) is 16.1. The Hall–Kier alpha value is -2.31. The number of carbonyl (C=O) groups excluding carboxylic acids is 1. The van der Waals surface area contributed by atoms with Crippen LogP contribution >= 0.6 is 0 Å². The molecule has 6 aliphatic heterocycles. The van der Waals surface area contributed by atoms with Gasteiger partial charge in [0.05, 0.1) is 49.3 Å². The maximum atomic E-state index is 14.3. The van der Waals surface area contributed by atoms with E-state index < -0.39 is 90.8 Å². The van der Waals surface area contributed by atoms with Crippen molar-refractivity contribution >= 4 is 5.97 Å². The lowest BCUT2D eigenvalue weighted by Crippen LogP contribution is -2.58. The van der Waals surface area contributed by atoms with Crippen molar-refractivity contribution in [1.82, 2.24) is 0 Å². The highest BCUT2D eigenvalue weighted by Crippen LogP contribution is 2.47. The van der Waals surface area contributed by atoms with Gasteiger partial charge in [0.25, 0.3) is 0 Å². The van der Waals surface area contributed by atoms with Gasteiger partial charge >= 0.3 is 5.97 Å². The molecule has 20 atom stereocenters. The van der Waals surface area contributed by atoms with Crippen LogP contribution < -0.4 is 0 Å². The zero-order valence-corrected chi connectivity index (χ0v) is 38.2. The molecule has 0 aromatic heterocycles. The molecule has 14 heteroatoms. The lowest BCUT2D eigenvalue weighted by molar-refractivity contribution is -0.318. The van der Waals surface area contributed by atoms with Crippen molar-refractivity contribution in [1.29, 1.82) is 0 Å². The van der Waals surface area contributed by atoms with Gasteiger partial charge in [0.2, 0.25) is 0 Å². The number of carbonyl (C=O) groups is 1. The SMILES string of the molecule is CCC(C)C1O[C@]2(C=CC1C)CC1CC(C/C=C(\C)C(O[C@H]3C[C@H](OC)C(O[C@H]4C[C@H](OC)C(O)[C@H](C)O4)[C@H](C)O3)C(C)/C=C/C=C3\COC4[C@H](O)C(C)=C[C@@H](C(=O)O1)C34O)O2. The molecule has 7 aliphatic rings. The van der Waals surface area contributed by atoms with Gasteiger partial charge in [-0.25, -0.2) is 0 Å². The van der Waals surface area contributed by atoms with E-state index in [9.17, 15) is 20.1 Å². The van der Waals surface area contributed by atoms with Gasteiger partial charge in [0.1, 0.15) is 42.0 Å². The van der Waals surface area contributed by atoms with E-state index >= 15 is 0 Å². The number of hydrogen-bond donors (Lipinski definition) is 3. The molecule has 1 aliphatic carbocycles. The zero-order valence-electron chi connectivity index (χ0n) is 38.2. The lowest BCUT2D eigenvalue weighted by atomic mass is 9.71. The van der Waals surface area contributed by atoms with Gasteiger partial charge in [-0.15, -0.1) is 0 Å². The first-order valence-corrected chi connectivity index (χ1v) is 22.9. The fraction of sp³-hybridized carbons (Fsp3) is 0.771. The number of allylic oxidation sites excluding steroid dienone is 2. The van der Waals surface area contributed by atoms with E-state index in [2.05, 4.69) is 39.8 Å². The fourth-order valence-electron chi connectivity index (χ4n) is 10.6. The summed E-state index contributed by atoms with van der Waals surface area (Å²) in [7, 11) is 3.22. The first kappa shape index (κ1) is 47.6. The third-order valence-electron chi connectivity index (χ3n) is 14.5. The topological polar surface area (TPSA) is 170 Å². The van der Waals surface area contributed by atoms with Crippen LogP contribution in [0.5, 0.6) is 0 Å². The second kappa shape index (κ2) is 19.7. The molecule has 0 amide bonds. The molecule has 4 fully saturated rings. The minimum Gasteiger partial charge on any atom is -0.462 e. The van der Waals surface area contributed by atoms with Crippen LogP contribution in [0, 0.1) is 23.7 Å². The van der Waals surface area contributed by atoms with Crippen LogP contribution in [0.15, 0.2) is 59.3 Å². The molecule has 7 rings (SSSR count). The molecule has 1 spiro atoms. The molecule has 0 radical (unpaired) electrons. The number of ether oxygens (including phenoxy) is 10. The summed E-state index contributed by atoms with van der Waals surface area (Å²) in [6.07, 6.45) is 8.55. The smallest absolute Gasteiger partial charge is 0.316 e. The van der Waals surface area contributed by atoms with Gasteiger partial charge in [-0.05, 0) is 62.8 Å². The molecular formula is C48H72O14. The second-order valence-corrected chi connectivity index (χ2v) is 19.0. The number of hydrogen-bond acceptors (Lipinski definition) is 14. The summed E-state index contributed by atoms with van der Waals surface area (Å²) < 4.78 is 63.7. The standard InChI is InChI=1S/C48H72O14/c1-11-25(2)43-28(5)17-18-47(62-43)23-34-20-33(61-47)16-15-27(4)42(26(3)13-12-14-32-24-55-45-40(49)29(6)19-35(46(51)58-34)48(32,45)52)59-39-22-37(54-10)44(31(8)57-39)60-38-21-36(53-9)41(50)30(7)56-38/h12-15,17-19,25-26,28,30-31,33-45,49-50,52H,11,16,20-24H2,1-10H3/b13-12+,27-15+,32-14+/t25?,26?,28?,30-,31-,33?,34?,35-,36-,37-,38-,39-,40+,41?,42?,43?,44?,45?,47+,48?/m0/s1. The lowest BCUT2D eigenvalue weighted by Gasteiger charge is -2.48. The third-order valence-corrected chi connectivity index (χ3v) is 14.5. The molecule has 4 saturated heterocycles. The Labute approximate surface area is 367 Å². The number of fused-ring (bicyclic) bond motifs is 2. The van der Waals surface area contributed by atoms with Crippen molar-refractivity contribution in [2.75, 3.05) is 20.8 Å². The Morgan fingerprint density at radius 2 is 1.60 bits per heavy atom. The van der Waals surface area contributed by atoms with Crippen molar-refractivity contribution < 1.29 is 67.5 Å². The fourth-order valence-corrected chi connectivity index (χ4v) is 10.6. The maximum absolute atomic E-state index is 14.3. The first-order valence-electron chi connectivity index (χ1n) is 22.9. The monoisotopic (exact) mass is 872 g/mol. The molecule has 0 saturated carbocycles. The van der Waals surface area contributed by atoms with Crippen molar-refractivity contribution in [3.8, 4) is 0 Å². The van der Waals surface area contributed by atoms with Gasteiger partial charge in [-0.2, -0.15) is 0 Å². The van der Waals surface area contributed by atoms with Crippen molar-refractivity contribution in [3.63, 3.8) is 0 Å². The molecule has 14 nitrogen and oxygen atoms in total. The normalized spacial score (nSPS) is 49.1. The Balaban J connectivity index is 1.18. The van der Waals surface area contributed by atoms with Gasteiger partial charge in [0, 0.05) is 51.7 Å². The Kier molecular flexibility index (Phi) is 15.1. The van der Waals surface area contributed by atoms with E-state index in [4.69, 9.17) is 47.4 Å². The molecule has 0 aromatic carbocycles. The quantitative estimate of drug-likeness (QED) is 0.210. The Morgan fingerprint density at radius 3 is 2.32 bits per heavy atom. The zero-order chi connectivity index (χ0) is 44.7. The van der Waals surface area contributed by atoms with E-state index in [0.717, 1.165) is 12.0 Å². The van der Waals surface area contributed by atoms with Crippen LogP contribution in [-0.4, -0.2) is 139 Å². The third kappa shape index (κ3) is 9.64. The van der Waals surface area contributed by atoms with Crippen LogP contribution in [-0.2, 0) is 52.2 Å². The second-order valence-electron chi connectivity index (χ2n) is 19.0. The maximum Gasteiger partial charge on any atom is 0.316 e. The molecule has 62 heavy (non-hydrogen) atoms. The average Bonchev–Trinajstić information content (AvgIpc) is 3.58. The van der Waals surface area contributed by atoms with E-state index in [1.807, 2.05) is 32.1 Å². The minimum atomic E-state index is -1.84. The highest BCUT2D eigenvalue weighted by molar-refractivity contribution is 5.78. The van der Waals surface area contributed by atoms with E-state index in [1.165, 1.54) is 0 Å². The first-order chi connectivity index (χ1) is 29.5. The Morgan fingerprint density at radius 1 is 0.887 bits per heavy atom. The highest BCUT2D eigenvalue weighted by Gasteiger charge is 2.60. The van der Waals surface area contributed by atoms with Gasteiger partial charge in [-0.1, -0.05) is 70.6 Å². The van der Waals surface area contributed by atoms with Gasteiger partial charge < -0.3 is 62.7 Å². The van der Waals surface area contributed by atoms with E-state index in [1.54, 1.807) is 40.2 Å². The predicted molar refractivity (Wildman–Crippen MR) is 227 cm³/mol. The summed E-state index contributed by atoms with van der Waals surface area (Å²) in [5, 5.41) is 34.2. The molecule has 3 N–H and O–H groups in total. The number of rotatable bonds is 8. The summed E-state index contributed by atoms with van der Waals surface area (Å²) in [6, 6.07) is 0. The average molecular weight is 873 g/mol. The van der Waals surface area contributed by atoms with Crippen LogP contribution in [0.2, 0.25) is 0 Å². The minimum absolute atomic E-state index is 0.0317. The number of aliphatic hydroxyl groups excluding tert-OH is 2. The van der Waals surface area contributed by atoms with Crippen molar-refractivity contribution in [2.24, 2.45) is 23.7 Å². The van der Waals surface area contributed by atoms with Gasteiger partial charge in [-0.3, -0.25) is 4.79 Å². The predicted octanol–water partition coefficient (Wildman–Crippen LogP) is 5.38. The van der Waals surface area contributed by atoms with Gasteiger partial charge in [0.15, 0.2) is 18.4 Å². The van der Waals surface area contributed by atoms with Crippen LogP contribution in [0.25, 0.3) is 0 Å². The summed E-state index contributed by atoms with van der Waals surface area (Å²) in [5.74, 6) is -2.56. The molecule has 6 heterocycles. The Bertz CT molecular complexity index is 1730. The summed E-state index contributed by atoms with van der Waals surface area (Å²) in [4.78, 5) is 14.3. The summed E-state index contributed by atoms with van der Waals surface area (Å²) >= 11 is 0. The van der Waals surface area contributed by atoms with Crippen LogP contribution in [0.3, 0.4) is 0 Å². The molecule has 2 bridgehead atoms. The molecule has 0 aromatic rings. The van der Waals surface area contributed by atoms with E-state index in [0.29, 0.717) is 43.3 Å². The number of esters is 1. The highest BCUT2D eigenvalue weighted by atomic mass is 16.7. The molecular weight excluding hydrogens is 801 g/mol. The summed E-state index contributed by atoms with van der Waals surface area (Å²) in [5.41, 5.74) is 0.134. The van der Waals surface area contributed by atoms with Crippen molar-refractivity contribution in [2.45, 2.75) is 191 Å². The molecule has 348 valence electrons. The van der Waals surface area contributed by atoms with E-state index in [-0.39, 0.29) is 42.7 Å². The molecule has 11 unspecified atom stereocenters. The number of methoxy groups -OCH3 is 2. The van der Waals surface area contributed by atoms with Crippen LogP contribution in [0.4, 0.5) is 0 Å².